The van der Waals surface area contributed by atoms with E-state index in [-0.39, 0.29) is 0 Å². The van der Waals surface area contributed by atoms with E-state index in [1.54, 1.807) is 14.1 Å². The molecule has 0 bridgehead atoms. The van der Waals surface area contributed by atoms with Crippen LogP contribution in [0.2, 0.25) is 0 Å². The molecule has 0 aliphatic heterocycles. The lowest BCUT2D eigenvalue weighted by atomic mass is 10.3. The van der Waals surface area contributed by atoms with Gasteiger partial charge in [-0.2, -0.15) is 17.0 Å². The minimum Gasteiger partial charge on any atom is -0.330 e. The summed E-state index contributed by atoms with van der Waals surface area (Å²) in [6.45, 7) is 3.80. The van der Waals surface area contributed by atoms with Crippen LogP contribution >= 0.6 is 0 Å². The molecule has 16 heavy (non-hydrogen) atoms. The SMILES string of the molecule is CC1CC1CN(C)S(=O)(=O)N(C)CCCN. The zero-order valence-corrected chi connectivity index (χ0v) is 11.2. The second-order valence-corrected chi connectivity index (χ2v) is 6.87. The Morgan fingerprint density at radius 3 is 2.31 bits per heavy atom. The Labute approximate surface area is 98.8 Å². The average molecular weight is 249 g/mol. The summed E-state index contributed by atoms with van der Waals surface area (Å²) in [5.74, 6) is 1.22. The monoisotopic (exact) mass is 249 g/mol. The number of hydrogen-bond acceptors (Lipinski definition) is 3. The van der Waals surface area contributed by atoms with Gasteiger partial charge in [0, 0.05) is 27.2 Å². The summed E-state index contributed by atoms with van der Waals surface area (Å²) in [7, 11) is -0.0176. The van der Waals surface area contributed by atoms with Crippen LogP contribution in [-0.4, -0.2) is 50.8 Å². The molecule has 1 saturated carbocycles. The van der Waals surface area contributed by atoms with E-state index in [0.29, 0.717) is 37.9 Å². The lowest BCUT2D eigenvalue weighted by molar-refractivity contribution is 0.379. The molecule has 0 heterocycles. The third-order valence-electron chi connectivity index (χ3n) is 3.23. The Bertz CT molecular complexity index is 318. The second kappa shape index (κ2) is 5.44. The van der Waals surface area contributed by atoms with Crippen LogP contribution in [0.25, 0.3) is 0 Å². The highest BCUT2D eigenvalue weighted by Crippen LogP contribution is 2.38. The predicted octanol–water partition coefficient (Wildman–Crippen LogP) is 0.0996. The molecule has 1 rings (SSSR count). The fourth-order valence-corrected chi connectivity index (χ4v) is 2.96. The van der Waals surface area contributed by atoms with Crippen LogP contribution in [0.3, 0.4) is 0 Å². The van der Waals surface area contributed by atoms with Crippen LogP contribution in [0.1, 0.15) is 19.8 Å². The van der Waals surface area contributed by atoms with E-state index in [9.17, 15) is 8.42 Å². The molecular weight excluding hydrogens is 226 g/mol. The highest BCUT2D eigenvalue weighted by atomic mass is 32.2. The molecule has 0 radical (unpaired) electrons. The summed E-state index contributed by atoms with van der Waals surface area (Å²) in [5.41, 5.74) is 5.37. The van der Waals surface area contributed by atoms with Gasteiger partial charge in [-0.3, -0.25) is 0 Å². The van der Waals surface area contributed by atoms with Crippen LogP contribution in [0.15, 0.2) is 0 Å². The molecular formula is C10H23N3O2S. The van der Waals surface area contributed by atoms with Crippen molar-refractivity contribution in [3.8, 4) is 0 Å². The molecule has 96 valence electrons. The zero-order valence-electron chi connectivity index (χ0n) is 10.4. The van der Waals surface area contributed by atoms with Crippen LogP contribution in [-0.2, 0) is 10.2 Å². The maximum atomic E-state index is 12.0. The molecule has 0 aromatic rings. The van der Waals surface area contributed by atoms with Crippen LogP contribution < -0.4 is 5.73 Å². The molecule has 1 fully saturated rings. The lowest BCUT2D eigenvalue weighted by Crippen LogP contribution is -2.41. The van der Waals surface area contributed by atoms with E-state index in [4.69, 9.17) is 5.73 Å². The lowest BCUT2D eigenvalue weighted by Gasteiger charge is -2.24. The van der Waals surface area contributed by atoms with E-state index in [2.05, 4.69) is 6.92 Å². The predicted molar refractivity (Wildman–Crippen MR) is 65.1 cm³/mol. The topological polar surface area (TPSA) is 66.6 Å². The molecule has 2 unspecified atom stereocenters. The number of nitrogens with two attached hydrogens (primary N) is 1. The van der Waals surface area contributed by atoms with Crippen molar-refractivity contribution in [1.29, 1.82) is 0 Å². The quantitative estimate of drug-likeness (QED) is 0.696. The Balaban J connectivity index is 2.47. The first-order chi connectivity index (χ1) is 7.39. The van der Waals surface area contributed by atoms with Gasteiger partial charge >= 0.3 is 0 Å². The first-order valence-corrected chi connectivity index (χ1v) is 7.17. The fourth-order valence-electron chi connectivity index (χ4n) is 1.75. The number of nitrogens with zero attached hydrogens (tertiary/aromatic N) is 2. The van der Waals surface area contributed by atoms with Gasteiger partial charge in [-0.1, -0.05) is 6.92 Å². The molecule has 1 aliphatic rings. The van der Waals surface area contributed by atoms with Crippen molar-refractivity contribution in [2.45, 2.75) is 19.8 Å². The van der Waals surface area contributed by atoms with Crippen molar-refractivity contribution in [3.05, 3.63) is 0 Å². The van der Waals surface area contributed by atoms with Gasteiger partial charge in [0.2, 0.25) is 0 Å². The molecule has 0 aromatic heterocycles. The smallest absolute Gasteiger partial charge is 0.281 e. The van der Waals surface area contributed by atoms with Crippen molar-refractivity contribution in [2.75, 3.05) is 33.7 Å². The Morgan fingerprint density at radius 1 is 1.31 bits per heavy atom. The summed E-state index contributed by atoms with van der Waals surface area (Å²) >= 11 is 0. The molecule has 0 saturated heterocycles. The average Bonchev–Trinajstić information content (AvgIpc) is 2.90. The minimum absolute atomic E-state index is 0.489. The van der Waals surface area contributed by atoms with E-state index >= 15 is 0 Å². The Morgan fingerprint density at radius 2 is 1.88 bits per heavy atom. The van der Waals surface area contributed by atoms with E-state index < -0.39 is 10.2 Å². The van der Waals surface area contributed by atoms with Gasteiger partial charge in [0.25, 0.3) is 10.2 Å². The third-order valence-corrected chi connectivity index (χ3v) is 5.14. The standard InChI is InChI=1S/C10H23N3O2S/c1-9-7-10(9)8-13(3)16(14,15)12(2)6-4-5-11/h9-10H,4-8,11H2,1-3H3. The summed E-state index contributed by atoms with van der Waals surface area (Å²) in [5, 5.41) is 0. The van der Waals surface area contributed by atoms with E-state index in [1.807, 2.05) is 0 Å². The van der Waals surface area contributed by atoms with Crippen molar-refractivity contribution >= 4 is 10.2 Å². The fraction of sp³-hybridized carbons (Fsp3) is 1.00. The second-order valence-electron chi connectivity index (χ2n) is 4.73. The molecule has 0 spiro atoms. The minimum atomic E-state index is -3.28. The maximum absolute atomic E-state index is 12.0. The first kappa shape index (κ1) is 13.9. The Kier molecular flexibility index (Phi) is 4.73. The van der Waals surface area contributed by atoms with Gasteiger partial charge in [-0.25, -0.2) is 0 Å². The van der Waals surface area contributed by atoms with Gasteiger partial charge < -0.3 is 5.73 Å². The highest BCUT2D eigenvalue weighted by molar-refractivity contribution is 7.86. The van der Waals surface area contributed by atoms with E-state index in [0.717, 1.165) is 6.42 Å². The van der Waals surface area contributed by atoms with Gasteiger partial charge in [-0.05, 0) is 31.2 Å². The third kappa shape index (κ3) is 3.41. The van der Waals surface area contributed by atoms with Crippen LogP contribution in [0, 0.1) is 11.8 Å². The summed E-state index contributed by atoms with van der Waals surface area (Å²) in [4.78, 5) is 0. The Hall–Kier alpha value is -0.170. The van der Waals surface area contributed by atoms with Gasteiger partial charge in [-0.15, -0.1) is 0 Å². The van der Waals surface area contributed by atoms with Crippen molar-refractivity contribution < 1.29 is 8.42 Å². The molecule has 0 aromatic carbocycles. The summed E-state index contributed by atoms with van der Waals surface area (Å²) in [6.07, 6.45) is 1.84. The normalized spacial score (nSPS) is 25.4. The molecule has 1 aliphatic carbocycles. The molecule has 2 atom stereocenters. The largest absolute Gasteiger partial charge is 0.330 e. The first-order valence-electron chi connectivity index (χ1n) is 5.77. The van der Waals surface area contributed by atoms with E-state index in [1.165, 1.54) is 8.61 Å². The molecule has 6 heteroatoms. The van der Waals surface area contributed by atoms with Gasteiger partial charge in [0.1, 0.15) is 0 Å². The maximum Gasteiger partial charge on any atom is 0.281 e. The van der Waals surface area contributed by atoms with Crippen molar-refractivity contribution in [3.63, 3.8) is 0 Å². The van der Waals surface area contributed by atoms with Crippen molar-refractivity contribution in [1.82, 2.24) is 8.61 Å². The van der Waals surface area contributed by atoms with Crippen LogP contribution in [0.4, 0.5) is 0 Å². The summed E-state index contributed by atoms with van der Waals surface area (Å²) in [6, 6.07) is 0. The number of hydrogen-bond donors (Lipinski definition) is 1. The van der Waals surface area contributed by atoms with Gasteiger partial charge in [0.05, 0.1) is 0 Å². The highest BCUT2D eigenvalue weighted by Gasteiger charge is 2.36. The molecule has 0 amide bonds. The van der Waals surface area contributed by atoms with Crippen molar-refractivity contribution in [2.24, 2.45) is 17.6 Å². The van der Waals surface area contributed by atoms with Crippen LogP contribution in [0.5, 0.6) is 0 Å². The number of rotatable bonds is 7. The zero-order chi connectivity index (χ0) is 12.3. The summed E-state index contributed by atoms with van der Waals surface area (Å²) < 4.78 is 26.9. The van der Waals surface area contributed by atoms with Gasteiger partial charge in [0.15, 0.2) is 0 Å². The molecule has 2 N–H and O–H groups in total. The molecule has 5 nitrogen and oxygen atoms in total.